The van der Waals surface area contributed by atoms with Gasteiger partial charge in [-0.15, -0.1) is 11.3 Å². The van der Waals surface area contributed by atoms with Crippen LogP contribution in [0.4, 0.5) is 5.82 Å². The van der Waals surface area contributed by atoms with Gasteiger partial charge in [0.1, 0.15) is 5.82 Å². The monoisotopic (exact) mass is 220 g/mol. The van der Waals surface area contributed by atoms with Crippen LogP contribution in [0.2, 0.25) is 0 Å². The van der Waals surface area contributed by atoms with Crippen molar-refractivity contribution in [1.29, 1.82) is 0 Å². The van der Waals surface area contributed by atoms with Crippen LogP contribution in [0, 0.1) is 6.92 Å². The van der Waals surface area contributed by atoms with Crippen LogP contribution < -0.4 is 5.32 Å². The highest BCUT2D eigenvalue weighted by atomic mass is 32.1. The highest BCUT2D eigenvalue weighted by molar-refractivity contribution is 7.09. The molecule has 0 unspecified atom stereocenters. The van der Waals surface area contributed by atoms with Crippen LogP contribution in [0.1, 0.15) is 10.7 Å². The van der Waals surface area contributed by atoms with E-state index in [0.717, 1.165) is 29.5 Å². The van der Waals surface area contributed by atoms with Crippen LogP contribution >= 0.6 is 11.3 Å². The lowest BCUT2D eigenvalue weighted by molar-refractivity contribution is 0.973. The number of rotatable bonds is 4. The van der Waals surface area contributed by atoms with E-state index in [9.17, 15) is 0 Å². The van der Waals surface area contributed by atoms with Gasteiger partial charge in [0.25, 0.3) is 0 Å². The van der Waals surface area contributed by atoms with Crippen molar-refractivity contribution in [2.75, 3.05) is 11.9 Å². The number of hydrogen-bond donors (Lipinski definition) is 1. The fourth-order valence-corrected chi connectivity index (χ4v) is 1.87. The molecule has 0 saturated heterocycles. The van der Waals surface area contributed by atoms with E-state index in [1.807, 2.05) is 18.5 Å². The summed E-state index contributed by atoms with van der Waals surface area (Å²) in [5, 5.41) is 6.38. The maximum absolute atomic E-state index is 4.21. The quantitative estimate of drug-likeness (QED) is 0.855. The van der Waals surface area contributed by atoms with Crippen molar-refractivity contribution in [1.82, 2.24) is 15.0 Å². The fraction of sp³-hybridized carbons (Fsp3) is 0.300. The molecule has 1 N–H and O–H groups in total. The number of aryl methyl sites for hydroxylation is 1. The Morgan fingerprint density at radius 3 is 2.80 bits per heavy atom. The Labute approximate surface area is 92.4 Å². The second-order valence-electron chi connectivity index (χ2n) is 3.09. The Morgan fingerprint density at radius 1 is 1.20 bits per heavy atom. The van der Waals surface area contributed by atoms with Gasteiger partial charge in [0, 0.05) is 36.9 Å². The van der Waals surface area contributed by atoms with Crippen LogP contribution in [-0.2, 0) is 6.42 Å². The third-order valence-electron chi connectivity index (χ3n) is 2.00. The van der Waals surface area contributed by atoms with Gasteiger partial charge in [0.2, 0.25) is 0 Å². The minimum Gasteiger partial charge on any atom is -0.368 e. The molecule has 2 rings (SSSR count). The maximum Gasteiger partial charge on any atom is 0.147 e. The first-order chi connectivity index (χ1) is 7.36. The SMILES string of the molecule is Cc1nccnc1NCCc1nccs1. The van der Waals surface area contributed by atoms with Crippen molar-refractivity contribution in [3.63, 3.8) is 0 Å². The van der Waals surface area contributed by atoms with Gasteiger partial charge in [-0.05, 0) is 6.92 Å². The van der Waals surface area contributed by atoms with Crippen molar-refractivity contribution >= 4 is 17.2 Å². The van der Waals surface area contributed by atoms with Gasteiger partial charge in [0.05, 0.1) is 10.7 Å². The first kappa shape index (κ1) is 10.0. The van der Waals surface area contributed by atoms with E-state index >= 15 is 0 Å². The van der Waals surface area contributed by atoms with E-state index in [1.165, 1.54) is 0 Å². The predicted octanol–water partition coefficient (Wildman–Crippen LogP) is 1.90. The number of aromatic nitrogens is 3. The molecule has 2 aromatic rings. The summed E-state index contributed by atoms with van der Waals surface area (Å²) in [5.74, 6) is 0.856. The van der Waals surface area contributed by atoms with Gasteiger partial charge in [-0.25, -0.2) is 9.97 Å². The van der Waals surface area contributed by atoms with E-state index in [4.69, 9.17) is 0 Å². The molecule has 5 heteroatoms. The summed E-state index contributed by atoms with van der Waals surface area (Å²) in [7, 11) is 0. The molecule has 4 nitrogen and oxygen atoms in total. The Kier molecular flexibility index (Phi) is 3.24. The van der Waals surface area contributed by atoms with Gasteiger partial charge in [-0.1, -0.05) is 0 Å². The van der Waals surface area contributed by atoms with Crippen LogP contribution in [0.15, 0.2) is 24.0 Å². The third-order valence-corrected chi connectivity index (χ3v) is 2.84. The fourth-order valence-electron chi connectivity index (χ4n) is 1.25. The summed E-state index contributed by atoms with van der Waals surface area (Å²) in [4.78, 5) is 12.6. The zero-order valence-electron chi connectivity index (χ0n) is 8.47. The summed E-state index contributed by atoms with van der Waals surface area (Å²) in [6.07, 6.45) is 6.14. The smallest absolute Gasteiger partial charge is 0.147 e. The second-order valence-corrected chi connectivity index (χ2v) is 4.07. The first-order valence-corrected chi connectivity index (χ1v) is 5.64. The van der Waals surface area contributed by atoms with Crippen LogP contribution in [-0.4, -0.2) is 21.5 Å². The minimum atomic E-state index is 0.840. The molecule has 0 fully saturated rings. The summed E-state index contributed by atoms with van der Waals surface area (Å²) in [6.45, 7) is 2.78. The van der Waals surface area contributed by atoms with Gasteiger partial charge < -0.3 is 5.32 Å². The van der Waals surface area contributed by atoms with Gasteiger partial charge >= 0.3 is 0 Å². The number of nitrogens with one attached hydrogen (secondary N) is 1. The number of nitrogens with zero attached hydrogens (tertiary/aromatic N) is 3. The van der Waals surface area contributed by atoms with Crippen molar-refractivity contribution in [3.05, 3.63) is 34.7 Å². The Morgan fingerprint density at radius 2 is 2.07 bits per heavy atom. The van der Waals surface area contributed by atoms with Crippen LogP contribution in [0.3, 0.4) is 0 Å². The third kappa shape index (κ3) is 2.73. The largest absolute Gasteiger partial charge is 0.368 e. The Balaban J connectivity index is 1.86. The summed E-state index contributed by atoms with van der Waals surface area (Å²) in [6, 6.07) is 0. The zero-order valence-corrected chi connectivity index (χ0v) is 9.29. The van der Waals surface area contributed by atoms with E-state index in [0.29, 0.717) is 0 Å². The Hall–Kier alpha value is -1.49. The molecular weight excluding hydrogens is 208 g/mol. The molecule has 0 aromatic carbocycles. The highest BCUT2D eigenvalue weighted by Crippen LogP contribution is 2.08. The van der Waals surface area contributed by atoms with Crippen LogP contribution in [0.25, 0.3) is 0 Å². The summed E-state index contributed by atoms with van der Waals surface area (Å²) >= 11 is 1.68. The van der Waals surface area contributed by atoms with Crippen molar-refractivity contribution in [3.8, 4) is 0 Å². The highest BCUT2D eigenvalue weighted by Gasteiger charge is 1.99. The molecule has 0 radical (unpaired) electrons. The normalized spacial score (nSPS) is 10.2. The molecule has 2 aromatic heterocycles. The molecular formula is C10H12N4S. The average molecular weight is 220 g/mol. The number of thiazole rings is 1. The lowest BCUT2D eigenvalue weighted by Crippen LogP contribution is -2.07. The van der Waals surface area contributed by atoms with E-state index in [1.54, 1.807) is 23.7 Å². The van der Waals surface area contributed by atoms with Gasteiger partial charge in [-0.2, -0.15) is 0 Å². The molecule has 78 valence electrons. The van der Waals surface area contributed by atoms with Crippen molar-refractivity contribution in [2.45, 2.75) is 13.3 Å². The van der Waals surface area contributed by atoms with Crippen molar-refractivity contribution in [2.24, 2.45) is 0 Å². The molecule has 2 heterocycles. The van der Waals surface area contributed by atoms with Crippen LogP contribution in [0.5, 0.6) is 0 Å². The molecule has 0 aliphatic carbocycles. The van der Waals surface area contributed by atoms with Gasteiger partial charge in [0.15, 0.2) is 0 Å². The first-order valence-electron chi connectivity index (χ1n) is 4.76. The summed E-state index contributed by atoms with van der Waals surface area (Å²) in [5.41, 5.74) is 0.927. The zero-order chi connectivity index (χ0) is 10.5. The molecule has 0 bridgehead atoms. The van der Waals surface area contributed by atoms with Gasteiger partial charge in [-0.3, -0.25) is 4.98 Å². The summed E-state index contributed by atoms with van der Waals surface area (Å²) < 4.78 is 0. The standard InChI is InChI=1S/C10H12N4S/c1-8-10(14-5-4-11-8)13-3-2-9-12-6-7-15-9/h4-7H,2-3H2,1H3,(H,13,14). The average Bonchev–Trinajstić information content (AvgIpc) is 2.74. The topological polar surface area (TPSA) is 50.7 Å². The predicted molar refractivity (Wildman–Crippen MR) is 61.1 cm³/mol. The lowest BCUT2D eigenvalue weighted by Gasteiger charge is -2.05. The van der Waals surface area contributed by atoms with E-state index < -0.39 is 0 Å². The molecule has 0 amide bonds. The lowest BCUT2D eigenvalue weighted by atomic mass is 10.4. The molecule has 0 atom stereocenters. The van der Waals surface area contributed by atoms with E-state index in [2.05, 4.69) is 20.3 Å². The number of hydrogen-bond acceptors (Lipinski definition) is 5. The van der Waals surface area contributed by atoms with E-state index in [-0.39, 0.29) is 0 Å². The molecule has 0 aliphatic heterocycles. The molecule has 0 saturated carbocycles. The van der Waals surface area contributed by atoms with Crippen molar-refractivity contribution < 1.29 is 0 Å². The number of anilines is 1. The molecule has 15 heavy (non-hydrogen) atoms. The second kappa shape index (κ2) is 4.84. The molecule has 0 aliphatic rings. The minimum absolute atomic E-state index is 0.840. The molecule has 0 spiro atoms. The maximum atomic E-state index is 4.21. The Bertz CT molecular complexity index is 413.